The van der Waals surface area contributed by atoms with E-state index in [2.05, 4.69) is 20.7 Å². The molecule has 2 N–H and O–H groups in total. The molecular weight excluding hydrogens is 406 g/mol. The van der Waals surface area contributed by atoms with Gasteiger partial charge in [-0.3, -0.25) is 14.8 Å². The third kappa shape index (κ3) is 5.26. The van der Waals surface area contributed by atoms with Gasteiger partial charge in [0.2, 0.25) is 5.96 Å². The van der Waals surface area contributed by atoms with Crippen molar-refractivity contribution in [2.45, 2.75) is 27.3 Å². The number of rotatable bonds is 6. The molecule has 168 valence electrons. The number of aryl methyl sites for hydroxylation is 3. The molecule has 0 atom stereocenters. The summed E-state index contributed by atoms with van der Waals surface area (Å²) in [4.78, 5) is 17.6. The van der Waals surface area contributed by atoms with Gasteiger partial charge in [-0.2, -0.15) is 5.10 Å². The first kappa shape index (κ1) is 22.9. The summed E-state index contributed by atoms with van der Waals surface area (Å²) in [5, 5.41) is 10.5. The zero-order valence-corrected chi connectivity index (χ0v) is 19.3. The number of carbonyl (C=O) groups is 1. The van der Waals surface area contributed by atoms with Crippen LogP contribution in [0.25, 0.3) is 0 Å². The van der Waals surface area contributed by atoms with Crippen LogP contribution in [0.1, 0.15) is 32.9 Å². The zero-order chi connectivity index (χ0) is 23.3. The Balaban J connectivity index is 1.88. The second-order valence-electron chi connectivity index (χ2n) is 7.46. The average molecular weight is 436 g/mol. The van der Waals surface area contributed by atoms with Crippen molar-refractivity contribution in [3.63, 3.8) is 0 Å². The normalized spacial score (nSPS) is 11.2. The molecule has 3 aromatic rings. The maximum Gasteiger partial charge on any atom is 0.258 e. The highest BCUT2D eigenvalue weighted by atomic mass is 16.5. The number of guanidine groups is 1. The Morgan fingerprint density at radius 1 is 1.06 bits per heavy atom. The molecule has 0 saturated carbocycles. The summed E-state index contributed by atoms with van der Waals surface area (Å²) < 4.78 is 12.4. The van der Waals surface area contributed by atoms with Gasteiger partial charge in [0.05, 0.1) is 26.5 Å². The molecule has 8 heteroatoms. The first-order chi connectivity index (χ1) is 15.3. The average Bonchev–Trinajstić information content (AvgIpc) is 3.02. The smallest absolute Gasteiger partial charge is 0.258 e. The van der Waals surface area contributed by atoms with Gasteiger partial charge in [-0.25, -0.2) is 4.99 Å². The van der Waals surface area contributed by atoms with Gasteiger partial charge in [-0.1, -0.05) is 12.1 Å². The number of carbonyl (C=O) groups excluding carboxylic acids is 1. The van der Waals surface area contributed by atoms with E-state index in [1.807, 2.05) is 56.8 Å². The minimum absolute atomic E-state index is 0.315. The first-order valence-electron chi connectivity index (χ1n) is 10.2. The summed E-state index contributed by atoms with van der Waals surface area (Å²) in [6.45, 7) is 6.34. The molecule has 2 aromatic carbocycles. The number of aliphatic imine (C=N–C) groups is 1. The van der Waals surface area contributed by atoms with Crippen LogP contribution in [-0.4, -0.2) is 35.9 Å². The summed E-state index contributed by atoms with van der Waals surface area (Å²) in [7, 11) is 4.99. The molecule has 32 heavy (non-hydrogen) atoms. The fraction of sp³-hybridized carbons (Fsp3) is 0.292. The molecular formula is C24H29N5O3. The number of nitrogens with zero attached hydrogens (tertiary/aromatic N) is 3. The van der Waals surface area contributed by atoms with Gasteiger partial charge in [0.25, 0.3) is 5.91 Å². The summed E-state index contributed by atoms with van der Waals surface area (Å²) in [6.07, 6.45) is 0. The third-order valence-electron chi connectivity index (χ3n) is 5.21. The number of nitrogens with one attached hydrogen (secondary N) is 2. The highest BCUT2D eigenvalue weighted by Crippen LogP contribution is 2.27. The molecule has 0 unspecified atom stereocenters. The van der Waals surface area contributed by atoms with E-state index in [1.165, 1.54) is 7.11 Å². The van der Waals surface area contributed by atoms with E-state index in [1.54, 1.807) is 25.3 Å². The Morgan fingerprint density at radius 2 is 1.81 bits per heavy atom. The van der Waals surface area contributed by atoms with E-state index in [0.717, 1.165) is 28.2 Å². The van der Waals surface area contributed by atoms with Crippen molar-refractivity contribution in [1.82, 2.24) is 15.1 Å². The molecule has 1 aromatic heterocycles. The predicted molar refractivity (Wildman–Crippen MR) is 126 cm³/mol. The topological polar surface area (TPSA) is 89.8 Å². The lowest BCUT2D eigenvalue weighted by molar-refractivity contribution is 0.0976. The monoisotopic (exact) mass is 435 g/mol. The predicted octanol–water partition coefficient (Wildman–Crippen LogP) is 3.76. The van der Waals surface area contributed by atoms with E-state index in [4.69, 9.17) is 9.47 Å². The van der Waals surface area contributed by atoms with Crippen molar-refractivity contribution in [3.05, 3.63) is 70.5 Å². The van der Waals surface area contributed by atoms with Gasteiger partial charge in [0.15, 0.2) is 11.5 Å². The number of amides is 1. The van der Waals surface area contributed by atoms with Crippen LogP contribution in [0.2, 0.25) is 0 Å². The van der Waals surface area contributed by atoms with Crippen LogP contribution in [-0.2, 0) is 13.6 Å². The van der Waals surface area contributed by atoms with Crippen molar-refractivity contribution < 1.29 is 14.3 Å². The van der Waals surface area contributed by atoms with Crippen molar-refractivity contribution in [1.29, 1.82) is 0 Å². The van der Waals surface area contributed by atoms with E-state index < -0.39 is 0 Å². The van der Waals surface area contributed by atoms with E-state index in [-0.39, 0.29) is 5.91 Å². The van der Waals surface area contributed by atoms with Gasteiger partial charge in [0.1, 0.15) is 0 Å². The molecule has 0 spiro atoms. The second-order valence-corrected chi connectivity index (χ2v) is 7.46. The lowest BCUT2D eigenvalue weighted by atomic mass is 10.2. The highest BCUT2D eigenvalue weighted by Gasteiger charge is 2.14. The van der Waals surface area contributed by atoms with Crippen molar-refractivity contribution in [2.75, 3.05) is 19.5 Å². The van der Waals surface area contributed by atoms with E-state index in [9.17, 15) is 4.79 Å². The number of hydrogen-bond acceptors (Lipinski definition) is 5. The van der Waals surface area contributed by atoms with Crippen LogP contribution < -0.4 is 20.1 Å². The van der Waals surface area contributed by atoms with Crippen LogP contribution >= 0.6 is 0 Å². The van der Waals surface area contributed by atoms with Gasteiger partial charge in [0, 0.05) is 29.6 Å². The molecule has 0 aliphatic carbocycles. The maximum atomic E-state index is 13.0. The van der Waals surface area contributed by atoms with Crippen molar-refractivity contribution in [3.8, 4) is 11.5 Å². The summed E-state index contributed by atoms with van der Waals surface area (Å²) in [6, 6.07) is 12.9. The second kappa shape index (κ2) is 10.00. The highest BCUT2D eigenvalue weighted by molar-refractivity contribution is 6.10. The number of hydrogen-bond donors (Lipinski definition) is 2. The molecule has 0 bridgehead atoms. The standard InChI is InChI=1S/C24H29N5O3/c1-15-8-7-9-19(12-15)26-24(25-14-20-16(2)28-29(4)17(20)3)27-23(30)18-10-11-21(31-5)22(13-18)32-6/h7-13H,14H2,1-6H3,(H2,25,26,27,30). The van der Waals surface area contributed by atoms with Gasteiger partial charge in [-0.15, -0.1) is 0 Å². The lowest BCUT2D eigenvalue weighted by Gasteiger charge is -2.14. The molecule has 0 aliphatic rings. The maximum absolute atomic E-state index is 13.0. The van der Waals surface area contributed by atoms with E-state index >= 15 is 0 Å². The molecule has 8 nitrogen and oxygen atoms in total. The fourth-order valence-corrected chi connectivity index (χ4v) is 3.33. The zero-order valence-electron chi connectivity index (χ0n) is 19.3. The quantitative estimate of drug-likeness (QED) is 0.455. The SMILES string of the molecule is COc1ccc(C(=O)NC(=NCc2c(C)nn(C)c2C)Nc2cccc(C)c2)cc1OC. The Bertz CT molecular complexity index is 1150. The molecule has 0 fully saturated rings. The number of anilines is 1. The summed E-state index contributed by atoms with van der Waals surface area (Å²) in [5.74, 6) is 1.06. The van der Waals surface area contributed by atoms with Crippen LogP contribution in [0.15, 0.2) is 47.5 Å². The number of ether oxygens (including phenoxy) is 2. The largest absolute Gasteiger partial charge is 0.493 e. The Labute approximate surface area is 188 Å². The van der Waals surface area contributed by atoms with Gasteiger partial charge < -0.3 is 14.8 Å². The fourth-order valence-electron chi connectivity index (χ4n) is 3.33. The summed E-state index contributed by atoms with van der Waals surface area (Å²) >= 11 is 0. The Hall–Kier alpha value is -3.81. The molecule has 1 heterocycles. The third-order valence-corrected chi connectivity index (χ3v) is 5.21. The molecule has 0 aliphatic heterocycles. The van der Waals surface area contributed by atoms with Crippen molar-refractivity contribution >= 4 is 17.6 Å². The van der Waals surface area contributed by atoms with E-state index in [0.29, 0.717) is 29.6 Å². The lowest BCUT2D eigenvalue weighted by Crippen LogP contribution is -2.36. The number of aromatic nitrogens is 2. The van der Waals surface area contributed by atoms with Crippen LogP contribution in [0.5, 0.6) is 11.5 Å². The Morgan fingerprint density at radius 3 is 2.44 bits per heavy atom. The van der Waals surface area contributed by atoms with Crippen molar-refractivity contribution in [2.24, 2.45) is 12.0 Å². The van der Waals surface area contributed by atoms with Crippen LogP contribution in [0, 0.1) is 20.8 Å². The first-order valence-corrected chi connectivity index (χ1v) is 10.2. The van der Waals surface area contributed by atoms with Crippen LogP contribution in [0.3, 0.4) is 0 Å². The minimum Gasteiger partial charge on any atom is -0.493 e. The van der Waals surface area contributed by atoms with Gasteiger partial charge in [-0.05, 0) is 56.7 Å². The molecule has 3 rings (SSSR count). The minimum atomic E-state index is -0.315. The van der Waals surface area contributed by atoms with Gasteiger partial charge >= 0.3 is 0 Å². The Kier molecular flexibility index (Phi) is 7.14. The molecule has 0 saturated heterocycles. The van der Waals surface area contributed by atoms with Crippen LogP contribution in [0.4, 0.5) is 5.69 Å². The summed E-state index contributed by atoms with van der Waals surface area (Å²) in [5.41, 5.74) is 5.32. The molecule has 0 radical (unpaired) electrons. The number of benzene rings is 2. The molecule has 1 amide bonds. The number of methoxy groups -OCH3 is 2.